The van der Waals surface area contributed by atoms with Crippen LogP contribution in [0.1, 0.15) is 43.9 Å². The fourth-order valence-corrected chi connectivity index (χ4v) is 2.12. The standard InChI is InChI=1S/C17H18F3N/c1-10(2)12-4-6-13(7-5-12)11(3)21-17-9-15(19)14(18)8-16(17)20/h4-11,21H,1-3H3. The summed E-state index contributed by atoms with van der Waals surface area (Å²) < 4.78 is 39.7. The molecule has 0 aromatic heterocycles. The predicted molar refractivity (Wildman–Crippen MR) is 78.9 cm³/mol. The molecule has 4 heteroatoms. The van der Waals surface area contributed by atoms with Gasteiger partial charge in [-0.1, -0.05) is 38.1 Å². The Kier molecular flexibility index (Phi) is 4.56. The van der Waals surface area contributed by atoms with Crippen LogP contribution >= 0.6 is 0 Å². The van der Waals surface area contributed by atoms with E-state index in [-0.39, 0.29) is 11.7 Å². The average molecular weight is 293 g/mol. The van der Waals surface area contributed by atoms with Crippen LogP contribution in [0.3, 0.4) is 0 Å². The Hall–Kier alpha value is -1.97. The first-order chi connectivity index (χ1) is 9.88. The largest absolute Gasteiger partial charge is 0.376 e. The summed E-state index contributed by atoms with van der Waals surface area (Å²) in [5.74, 6) is -2.63. The molecule has 2 aromatic rings. The van der Waals surface area contributed by atoms with Gasteiger partial charge >= 0.3 is 0 Å². The van der Waals surface area contributed by atoms with Crippen molar-refractivity contribution in [2.45, 2.75) is 32.7 Å². The highest BCUT2D eigenvalue weighted by atomic mass is 19.2. The molecule has 1 atom stereocenters. The molecule has 2 aromatic carbocycles. The van der Waals surface area contributed by atoms with Crippen LogP contribution < -0.4 is 5.32 Å². The molecule has 1 N–H and O–H groups in total. The average Bonchev–Trinajstić information content (AvgIpc) is 2.44. The minimum absolute atomic E-state index is 0.0469. The molecule has 0 amide bonds. The van der Waals surface area contributed by atoms with Crippen LogP contribution in [0.25, 0.3) is 0 Å². The third-order valence-corrected chi connectivity index (χ3v) is 3.49. The van der Waals surface area contributed by atoms with E-state index in [0.29, 0.717) is 12.0 Å². The summed E-state index contributed by atoms with van der Waals surface area (Å²) in [5, 5.41) is 2.86. The number of benzene rings is 2. The highest BCUT2D eigenvalue weighted by molar-refractivity contribution is 5.47. The number of halogens is 3. The first-order valence-corrected chi connectivity index (χ1v) is 6.89. The van der Waals surface area contributed by atoms with Gasteiger partial charge in [-0.25, -0.2) is 13.2 Å². The molecular weight excluding hydrogens is 275 g/mol. The van der Waals surface area contributed by atoms with Crippen molar-refractivity contribution in [3.05, 3.63) is 65.0 Å². The molecule has 0 radical (unpaired) electrons. The van der Waals surface area contributed by atoms with Gasteiger partial charge in [0.25, 0.3) is 0 Å². The lowest BCUT2D eigenvalue weighted by molar-refractivity contribution is 0.495. The van der Waals surface area contributed by atoms with Crippen molar-refractivity contribution >= 4 is 5.69 Å². The number of nitrogens with one attached hydrogen (secondary N) is 1. The van der Waals surface area contributed by atoms with Crippen molar-refractivity contribution in [1.82, 2.24) is 0 Å². The Balaban J connectivity index is 2.17. The molecule has 0 aliphatic carbocycles. The maximum Gasteiger partial charge on any atom is 0.161 e. The zero-order valence-electron chi connectivity index (χ0n) is 12.3. The van der Waals surface area contributed by atoms with E-state index < -0.39 is 17.5 Å². The smallest absolute Gasteiger partial charge is 0.161 e. The lowest BCUT2D eigenvalue weighted by Crippen LogP contribution is -2.09. The molecule has 1 unspecified atom stereocenters. The number of rotatable bonds is 4. The molecular formula is C17H18F3N. The van der Waals surface area contributed by atoms with E-state index in [9.17, 15) is 13.2 Å². The van der Waals surface area contributed by atoms with Crippen LogP contribution in [0.15, 0.2) is 36.4 Å². The zero-order valence-corrected chi connectivity index (χ0v) is 12.3. The molecule has 0 aliphatic heterocycles. The van der Waals surface area contributed by atoms with Crippen molar-refractivity contribution in [3.63, 3.8) is 0 Å². The van der Waals surface area contributed by atoms with Crippen molar-refractivity contribution in [3.8, 4) is 0 Å². The molecule has 2 rings (SSSR count). The van der Waals surface area contributed by atoms with E-state index in [1.165, 1.54) is 5.56 Å². The van der Waals surface area contributed by atoms with E-state index in [4.69, 9.17) is 0 Å². The van der Waals surface area contributed by atoms with Gasteiger partial charge in [0.05, 0.1) is 5.69 Å². The van der Waals surface area contributed by atoms with Crippen molar-refractivity contribution in [1.29, 1.82) is 0 Å². The maximum atomic E-state index is 13.6. The van der Waals surface area contributed by atoms with Gasteiger partial charge in [0.1, 0.15) is 5.82 Å². The second-order valence-corrected chi connectivity index (χ2v) is 5.43. The Morgan fingerprint density at radius 1 is 0.762 bits per heavy atom. The van der Waals surface area contributed by atoms with Gasteiger partial charge in [0.15, 0.2) is 11.6 Å². The fourth-order valence-electron chi connectivity index (χ4n) is 2.12. The molecule has 1 nitrogen and oxygen atoms in total. The van der Waals surface area contributed by atoms with Gasteiger partial charge in [-0.05, 0) is 24.0 Å². The summed E-state index contributed by atoms with van der Waals surface area (Å²) in [7, 11) is 0. The molecule has 0 saturated heterocycles. The second kappa shape index (κ2) is 6.20. The van der Waals surface area contributed by atoms with Crippen molar-refractivity contribution < 1.29 is 13.2 Å². The topological polar surface area (TPSA) is 12.0 Å². The first kappa shape index (κ1) is 15.4. The number of hydrogen-bond acceptors (Lipinski definition) is 1. The lowest BCUT2D eigenvalue weighted by atomic mass is 9.99. The van der Waals surface area contributed by atoms with Gasteiger partial charge < -0.3 is 5.32 Å². The molecule has 112 valence electrons. The Bertz CT molecular complexity index is 621. The van der Waals surface area contributed by atoms with Crippen LogP contribution in [0.4, 0.5) is 18.9 Å². The monoisotopic (exact) mass is 293 g/mol. The third kappa shape index (κ3) is 3.57. The summed E-state index contributed by atoms with van der Waals surface area (Å²) in [6.07, 6.45) is 0. The number of anilines is 1. The second-order valence-electron chi connectivity index (χ2n) is 5.43. The van der Waals surface area contributed by atoms with Gasteiger partial charge in [-0.15, -0.1) is 0 Å². The molecule has 0 aliphatic rings. The summed E-state index contributed by atoms with van der Waals surface area (Å²) in [6.45, 7) is 6.05. The SMILES string of the molecule is CC(C)c1ccc(C(C)Nc2cc(F)c(F)cc2F)cc1. The van der Waals surface area contributed by atoms with E-state index in [2.05, 4.69) is 19.2 Å². The van der Waals surface area contributed by atoms with Gasteiger partial charge in [0, 0.05) is 18.2 Å². The van der Waals surface area contributed by atoms with E-state index in [1.54, 1.807) is 0 Å². The van der Waals surface area contributed by atoms with Crippen LogP contribution in [0, 0.1) is 17.5 Å². The first-order valence-electron chi connectivity index (χ1n) is 6.89. The molecule has 0 fully saturated rings. The number of hydrogen-bond donors (Lipinski definition) is 1. The molecule has 0 saturated carbocycles. The van der Waals surface area contributed by atoms with Crippen molar-refractivity contribution in [2.75, 3.05) is 5.32 Å². The quantitative estimate of drug-likeness (QED) is 0.744. The summed E-state index contributed by atoms with van der Waals surface area (Å²) in [5.41, 5.74) is 2.11. The fraction of sp³-hybridized carbons (Fsp3) is 0.294. The molecule has 0 spiro atoms. The minimum atomic E-state index is -1.19. The van der Waals surface area contributed by atoms with Crippen LogP contribution in [0.5, 0.6) is 0 Å². The summed E-state index contributed by atoms with van der Waals surface area (Å²) >= 11 is 0. The minimum Gasteiger partial charge on any atom is -0.376 e. The highest BCUT2D eigenvalue weighted by Gasteiger charge is 2.13. The van der Waals surface area contributed by atoms with Crippen LogP contribution in [-0.2, 0) is 0 Å². The third-order valence-electron chi connectivity index (χ3n) is 3.49. The Morgan fingerprint density at radius 2 is 1.29 bits per heavy atom. The summed E-state index contributed by atoms with van der Waals surface area (Å²) in [4.78, 5) is 0. The van der Waals surface area contributed by atoms with E-state index in [0.717, 1.165) is 11.6 Å². The molecule has 0 bridgehead atoms. The van der Waals surface area contributed by atoms with Gasteiger partial charge in [-0.2, -0.15) is 0 Å². The Labute approximate surface area is 122 Å². The van der Waals surface area contributed by atoms with Crippen LogP contribution in [-0.4, -0.2) is 0 Å². The maximum absolute atomic E-state index is 13.6. The highest BCUT2D eigenvalue weighted by Crippen LogP contribution is 2.25. The van der Waals surface area contributed by atoms with E-state index >= 15 is 0 Å². The normalized spacial score (nSPS) is 12.5. The Morgan fingerprint density at radius 3 is 1.86 bits per heavy atom. The van der Waals surface area contributed by atoms with Crippen LogP contribution in [0.2, 0.25) is 0 Å². The molecule has 0 heterocycles. The lowest BCUT2D eigenvalue weighted by Gasteiger charge is -2.17. The van der Waals surface area contributed by atoms with E-state index in [1.807, 2.05) is 31.2 Å². The summed E-state index contributed by atoms with van der Waals surface area (Å²) in [6, 6.07) is 9.09. The molecule has 21 heavy (non-hydrogen) atoms. The predicted octanol–water partition coefficient (Wildman–Crippen LogP) is 5.40. The van der Waals surface area contributed by atoms with Crippen molar-refractivity contribution in [2.24, 2.45) is 0 Å². The van der Waals surface area contributed by atoms with Gasteiger partial charge in [0.2, 0.25) is 0 Å². The van der Waals surface area contributed by atoms with Gasteiger partial charge in [-0.3, -0.25) is 0 Å². The zero-order chi connectivity index (χ0) is 15.6.